The molecule has 8 heteroatoms. The zero-order chi connectivity index (χ0) is 16.2. The van der Waals surface area contributed by atoms with Gasteiger partial charge in [0.15, 0.2) is 12.0 Å². The van der Waals surface area contributed by atoms with Crippen LogP contribution in [0.15, 0.2) is 35.5 Å². The van der Waals surface area contributed by atoms with E-state index in [-0.39, 0.29) is 23.4 Å². The number of fused-ring (bicyclic) bond motifs is 1. The van der Waals surface area contributed by atoms with E-state index in [0.29, 0.717) is 0 Å². The molecule has 1 saturated carbocycles. The number of hydrogen-bond donors (Lipinski definition) is 0. The Morgan fingerprint density at radius 2 is 1.91 bits per heavy atom. The Hall–Kier alpha value is -1.70. The van der Waals surface area contributed by atoms with Gasteiger partial charge in [0.1, 0.15) is 0 Å². The van der Waals surface area contributed by atoms with E-state index in [9.17, 15) is 17.4 Å². The Morgan fingerprint density at radius 3 is 2.57 bits per heavy atom. The first-order valence-corrected chi connectivity index (χ1v) is 8.60. The normalized spacial score (nSPS) is 27.4. The molecule has 2 aliphatic rings. The van der Waals surface area contributed by atoms with Gasteiger partial charge in [-0.3, -0.25) is 4.21 Å². The highest BCUT2D eigenvalue weighted by atomic mass is 32.2. The number of aromatic nitrogens is 3. The number of hydrogen-bond acceptors (Lipinski definition) is 3. The van der Waals surface area contributed by atoms with Crippen molar-refractivity contribution in [1.29, 1.82) is 0 Å². The third kappa shape index (κ3) is 2.49. The van der Waals surface area contributed by atoms with E-state index in [1.54, 1.807) is 0 Å². The molecule has 0 N–H and O–H groups in total. The molecule has 122 valence electrons. The lowest BCUT2D eigenvalue weighted by molar-refractivity contribution is -0.0677. The van der Waals surface area contributed by atoms with Gasteiger partial charge in [0.2, 0.25) is 5.16 Å². The predicted octanol–water partition coefficient (Wildman–Crippen LogP) is 3.19. The molecule has 0 radical (unpaired) electrons. The summed E-state index contributed by atoms with van der Waals surface area (Å²) in [7, 11) is -1.72. The number of benzene rings is 1. The Balaban J connectivity index is 1.62. The van der Waals surface area contributed by atoms with Gasteiger partial charge in [0.05, 0.1) is 22.1 Å². The summed E-state index contributed by atoms with van der Waals surface area (Å²) < 4.78 is 53.8. The number of rotatable bonds is 3. The zero-order valence-corrected chi connectivity index (χ0v) is 12.8. The molecule has 2 aromatic rings. The van der Waals surface area contributed by atoms with Crippen LogP contribution in [0.1, 0.15) is 42.9 Å². The minimum absolute atomic E-state index is 0.0382. The maximum Gasteiger partial charge on any atom is 0.250 e. The fourth-order valence-corrected chi connectivity index (χ4v) is 4.54. The predicted molar refractivity (Wildman–Crippen MR) is 77.4 cm³/mol. The average Bonchev–Trinajstić information content (AvgIpc) is 3.06. The minimum atomic E-state index is -2.75. The lowest BCUT2D eigenvalue weighted by Gasteiger charge is -2.33. The van der Waals surface area contributed by atoms with Crippen LogP contribution in [-0.4, -0.2) is 30.1 Å². The molecule has 4 rings (SSSR count). The summed E-state index contributed by atoms with van der Waals surface area (Å²) in [5.41, 5.74) is 0.895. The van der Waals surface area contributed by atoms with Crippen molar-refractivity contribution in [3.8, 4) is 0 Å². The molecule has 0 bridgehead atoms. The summed E-state index contributed by atoms with van der Waals surface area (Å²) >= 11 is 0. The number of halogens is 3. The second kappa shape index (κ2) is 5.15. The standard InChI is InChI=1S/C15H14F3N3OS/c16-11-6-12(9-4-2-1-3-5-9)21-13(11)19-14(20-21)23(22)10-7-15(17,18)8-10/h1-5,10-12H,6-8H2/t11-,12-,23?/m0/s1. The van der Waals surface area contributed by atoms with Crippen molar-refractivity contribution in [3.63, 3.8) is 0 Å². The largest absolute Gasteiger partial charge is 0.251 e. The van der Waals surface area contributed by atoms with E-state index in [0.717, 1.165) is 5.56 Å². The molecule has 1 aliphatic heterocycles. The maximum absolute atomic E-state index is 14.2. The van der Waals surface area contributed by atoms with Gasteiger partial charge in [-0.25, -0.2) is 22.8 Å². The van der Waals surface area contributed by atoms with Crippen LogP contribution in [0, 0.1) is 0 Å². The summed E-state index contributed by atoms with van der Waals surface area (Å²) in [6.45, 7) is 0. The highest BCUT2D eigenvalue weighted by molar-refractivity contribution is 7.85. The highest BCUT2D eigenvalue weighted by Crippen LogP contribution is 2.43. The zero-order valence-electron chi connectivity index (χ0n) is 12.0. The molecule has 1 fully saturated rings. The van der Waals surface area contributed by atoms with Gasteiger partial charge in [-0.2, -0.15) is 0 Å². The van der Waals surface area contributed by atoms with Gasteiger partial charge in [0, 0.05) is 19.3 Å². The van der Waals surface area contributed by atoms with E-state index >= 15 is 0 Å². The third-order valence-electron chi connectivity index (χ3n) is 4.36. The Bertz CT molecular complexity index is 757. The summed E-state index contributed by atoms with van der Waals surface area (Å²) in [5, 5.41) is 3.48. The Kier molecular flexibility index (Phi) is 3.33. The summed E-state index contributed by atoms with van der Waals surface area (Å²) in [5.74, 6) is -2.62. The molecule has 0 spiro atoms. The lowest BCUT2D eigenvalue weighted by Crippen LogP contribution is -2.42. The van der Waals surface area contributed by atoms with Crippen LogP contribution < -0.4 is 0 Å². The van der Waals surface area contributed by atoms with Crippen LogP contribution >= 0.6 is 0 Å². The van der Waals surface area contributed by atoms with Gasteiger partial charge < -0.3 is 0 Å². The topological polar surface area (TPSA) is 47.8 Å². The molecule has 1 aromatic heterocycles. The molecule has 0 saturated heterocycles. The monoisotopic (exact) mass is 341 g/mol. The van der Waals surface area contributed by atoms with Crippen LogP contribution in [0.25, 0.3) is 0 Å². The molecule has 2 heterocycles. The fourth-order valence-electron chi connectivity index (χ4n) is 3.10. The molecule has 1 aromatic carbocycles. The van der Waals surface area contributed by atoms with Crippen molar-refractivity contribution < 1.29 is 17.4 Å². The van der Waals surface area contributed by atoms with Gasteiger partial charge in [0.25, 0.3) is 5.92 Å². The minimum Gasteiger partial charge on any atom is -0.251 e. The van der Waals surface area contributed by atoms with Gasteiger partial charge in [-0.1, -0.05) is 30.3 Å². The van der Waals surface area contributed by atoms with E-state index < -0.39 is 41.0 Å². The van der Waals surface area contributed by atoms with Crippen LogP contribution in [0.2, 0.25) is 0 Å². The fraction of sp³-hybridized carbons (Fsp3) is 0.467. The van der Waals surface area contributed by atoms with E-state index in [1.807, 2.05) is 30.3 Å². The molecule has 1 aliphatic carbocycles. The van der Waals surface area contributed by atoms with Crippen molar-refractivity contribution in [2.75, 3.05) is 0 Å². The molecule has 3 atom stereocenters. The molecule has 0 amide bonds. The van der Waals surface area contributed by atoms with Crippen LogP contribution in [-0.2, 0) is 10.8 Å². The first-order valence-electron chi connectivity index (χ1n) is 7.38. The SMILES string of the molecule is O=S(c1nc2n(n1)[C@H](c1ccccc1)C[C@@H]2F)C1CC(F)(F)C1. The van der Waals surface area contributed by atoms with Crippen molar-refractivity contribution >= 4 is 10.8 Å². The second-order valence-electron chi connectivity index (χ2n) is 6.01. The summed E-state index contributed by atoms with van der Waals surface area (Å²) in [6.07, 6.45) is -1.91. The summed E-state index contributed by atoms with van der Waals surface area (Å²) in [4.78, 5) is 4.03. The molecule has 4 nitrogen and oxygen atoms in total. The Morgan fingerprint density at radius 1 is 1.22 bits per heavy atom. The van der Waals surface area contributed by atoms with Crippen LogP contribution in [0.3, 0.4) is 0 Å². The summed E-state index contributed by atoms with van der Waals surface area (Å²) in [6, 6.07) is 9.02. The van der Waals surface area contributed by atoms with Crippen LogP contribution in [0.4, 0.5) is 13.2 Å². The van der Waals surface area contributed by atoms with Gasteiger partial charge in [-0.15, -0.1) is 5.10 Å². The van der Waals surface area contributed by atoms with Crippen molar-refractivity contribution in [1.82, 2.24) is 14.8 Å². The van der Waals surface area contributed by atoms with Gasteiger partial charge in [-0.05, 0) is 5.56 Å². The van der Waals surface area contributed by atoms with E-state index in [2.05, 4.69) is 10.1 Å². The molecular formula is C15H14F3N3OS. The highest BCUT2D eigenvalue weighted by Gasteiger charge is 2.49. The second-order valence-corrected chi connectivity index (χ2v) is 7.64. The smallest absolute Gasteiger partial charge is 0.250 e. The molecule has 23 heavy (non-hydrogen) atoms. The number of alkyl halides is 3. The van der Waals surface area contributed by atoms with Crippen molar-refractivity contribution in [2.24, 2.45) is 0 Å². The maximum atomic E-state index is 14.2. The van der Waals surface area contributed by atoms with Crippen molar-refractivity contribution in [2.45, 2.75) is 47.8 Å². The Labute approximate surface area is 133 Å². The van der Waals surface area contributed by atoms with Gasteiger partial charge >= 0.3 is 0 Å². The van der Waals surface area contributed by atoms with E-state index in [4.69, 9.17) is 0 Å². The first-order chi connectivity index (χ1) is 10.9. The third-order valence-corrected chi connectivity index (χ3v) is 5.84. The van der Waals surface area contributed by atoms with E-state index in [1.165, 1.54) is 4.68 Å². The first kappa shape index (κ1) is 14.9. The van der Waals surface area contributed by atoms with Crippen molar-refractivity contribution in [3.05, 3.63) is 41.7 Å². The average molecular weight is 341 g/mol. The number of nitrogens with zero attached hydrogens (tertiary/aromatic N) is 3. The lowest BCUT2D eigenvalue weighted by atomic mass is 9.94. The van der Waals surface area contributed by atoms with Crippen LogP contribution in [0.5, 0.6) is 0 Å². The molecule has 1 unspecified atom stereocenters. The quantitative estimate of drug-likeness (QED) is 0.861. The molecular weight excluding hydrogens is 327 g/mol.